The molecule has 0 aromatic heterocycles. The first kappa shape index (κ1) is 14.5. The lowest BCUT2D eigenvalue weighted by atomic mass is 10.0. The molecule has 1 N–H and O–H groups in total. The summed E-state index contributed by atoms with van der Waals surface area (Å²) in [7, 11) is 2.04. The molecule has 1 unspecified atom stereocenters. The van der Waals surface area contributed by atoms with E-state index >= 15 is 0 Å². The number of unbranched alkanes of at least 4 members (excludes halogenated alkanes) is 2. The Bertz CT molecular complexity index is 328. The van der Waals surface area contributed by atoms with Crippen molar-refractivity contribution in [3.05, 3.63) is 31.8 Å². The van der Waals surface area contributed by atoms with Crippen molar-refractivity contribution in [3.63, 3.8) is 0 Å². The second-order valence-electron chi connectivity index (χ2n) is 4.00. The number of benzene rings is 1. The summed E-state index contributed by atoms with van der Waals surface area (Å²) in [6.07, 6.45) is 5.10. The Morgan fingerprint density at radius 1 is 1.38 bits per heavy atom. The van der Waals surface area contributed by atoms with Gasteiger partial charge < -0.3 is 5.32 Å². The van der Waals surface area contributed by atoms with Crippen LogP contribution in [0.25, 0.3) is 0 Å². The van der Waals surface area contributed by atoms with Gasteiger partial charge in [-0.2, -0.15) is 0 Å². The summed E-state index contributed by atoms with van der Waals surface area (Å²) in [6, 6.07) is 7.00. The summed E-state index contributed by atoms with van der Waals surface area (Å²) in [5.41, 5.74) is 1.38. The molecule has 0 aliphatic heterocycles. The maximum atomic E-state index is 3.64. The van der Waals surface area contributed by atoms with Crippen LogP contribution in [0.3, 0.4) is 0 Å². The van der Waals surface area contributed by atoms with Crippen LogP contribution in [0.15, 0.2) is 22.7 Å². The van der Waals surface area contributed by atoms with E-state index in [0.717, 1.165) is 0 Å². The highest BCUT2D eigenvalue weighted by molar-refractivity contribution is 14.1. The first-order valence-corrected chi connectivity index (χ1v) is 7.68. The summed E-state index contributed by atoms with van der Waals surface area (Å²) in [6.45, 7) is 2.25. The predicted octanol–water partition coefficient (Wildman–Crippen LogP) is 4.89. The highest BCUT2D eigenvalue weighted by Crippen LogP contribution is 2.28. The van der Waals surface area contributed by atoms with E-state index in [0.29, 0.717) is 6.04 Å². The Hall–Kier alpha value is 0.390. The minimum atomic E-state index is 0.468. The Balaban J connectivity index is 2.73. The van der Waals surface area contributed by atoms with E-state index in [1.807, 2.05) is 7.05 Å². The van der Waals surface area contributed by atoms with Gasteiger partial charge in [0, 0.05) is 14.1 Å². The zero-order chi connectivity index (χ0) is 12.0. The third-order valence-corrected chi connectivity index (χ3v) is 4.17. The predicted molar refractivity (Wildman–Crippen MR) is 82.8 cm³/mol. The molecule has 0 heterocycles. The quantitative estimate of drug-likeness (QED) is 0.533. The van der Waals surface area contributed by atoms with Crippen molar-refractivity contribution in [2.75, 3.05) is 7.05 Å². The summed E-state index contributed by atoms with van der Waals surface area (Å²) in [5.74, 6) is 0. The van der Waals surface area contributed by atoms with E-state index in [1.54, 1.807) is 0 Å². The van der Waals surface area contributed by atoms with Crippen LogP contribution in [-0.2, 0) is 0 Å². The maximum absolute atomic E-state index is 3.64. The van der Waals surface area contributed by atoms with Crippen LogP contribution < -0.4 is 5.32 Å². The standard InChI is InChI=1S/C13H19BrIN/c1-3-4-5-6-13(16-2)11-9-10(15)7-8-12(11)14/h7-9,13,16H,3-6H2,1-2H3. The molecule has 0 aliphatic rings. The zero-order valence-corrected chi connectivity index (χ0v) is 13.6. The van der Waals surface area contributed by atoms with Crippen LogP contribution in [0, 0.1) is 3.57 Å². The first-order chi connectivity index (χ1) is 7.69. The number of hydrogen-bond acceptors (Lipinski definition) is 1. The van der Waals surface area contributed by atoms with Gasteiger partial charge in [-0.3, -0.25) is 0 Å². The summed E-state index contributed by atoms with van der Waals surface area (Å²) < 4.78 is 2.51. The van der Waals surface area contributed by atoms with E-state index in [2.05, 4.69) is 69.0 Å². The van der Waals surface area contributed by atoms with E-state index in [4.69, 9.17) is 0 Å². The van der Waals surface area contributed by atoms with Crippen molar-refractivity contribution >= 4 is 38.5 Å². The van der Waals surface area contributed by atoms with Crippen molar-refractivity contribution in [3.8, 4) is 0 Å². The van der Waals surface area contributed by atoms with Gasteiger partial charge >= 0.3 is 0 Å². The van der Waals surface area contributed by atoms with Crippen LogP contribution >= 0.6 is 38.5 Å². The van der Waals surface area contributed by atoms with Gasteiger partial charge in [0.25, 0.3) is 0 Å². The van der Waals surface area contributed by atoms with Crippen molar-refractivity contribution in [1.82, 2.24) is 5.32 Å². The molecular weight excluding hydrogens is 377 g/mol. The minimum absolute atomic E-state index is 0.468. The smallest absolute Gasteiger partial charge is 0.0329 e. The van der Waals surface area contributed by atoms with Crippen molar-refractivity contribution in [2.24, 2.45) is 0 Å². The van der Waals surface area contributed by atoms with Crippen molar-refractivity contribution in [2.45, 2.75) is 38.6 Å². The zero-order valence-electron chi connectivity index (χ0n) is 9.89. The number of hydrogen-bond donors (Lipinski definition) is 1. The van der Waals surface area contributed by atoms with Gasteiger partial charge in [0.05, 0.1) is 0 Å². The lowest BCUT2D eigenvalue weighted by molar-refractivity contribution is 0.510. The van der Waals surface area contributed by atoms with Gasteiger partial charge in [-0.05, 0) is 59.8 Å². The molecule has 16 heavy (non-hydrogen) atoms. The Labute approximate surface area is 121 Å². The molecule has 0 amide bonds. The molecule has 1 aromatic carbocycles. The van der Waals surface area contributed by atoms with Crippen LogP contribution in [0.4, 0.5) is 0 Å². The summed E-state index contributed by atoms with van der Waals surface area (Å²) >= 11 is 6.01. The molecule has 0 spiro atoms. The molecule has 90 valence electrons. The van der Waals surface area contributed by atoms with E-state index < -0.39 is 0 Å². The lowest BCUT2D eigenvalue weighted by Crippen LogP contribution is -2.17. The fourth-order valence-electron chi connectivity index (χ4n) is 1.84. The van der Waals surface area contributed by atoms with Crippen molar-refractivity contribution in [1.29, 1.82) is 0 Å². The minimum Gasteiger partial charge on any atom is -0.313 e. The average molecular weight is 396 g/mol. The first-order valence-electron chi connectivity index (χ1n) is 5.81. The molecule has 1 aromatic rings. The molecule has 3 heteroatoms. The molecule has 1 atom stereocenters. The fourth-order valence-corrected chi connectivity index (χ4v) is 2.87. The van der Waals surface area contributed by atoms with E-state index in [1.165, 1.54) is 39.3 Å². The second kappa shape index (κ2) is 7.67. The van der Waals surface area contributed by atoms with Gasteiger partial charge in [0.15, 0.2) is 0 Å². The van der Waals surface area contributed by atoms with Gasteiger partial charge in [-0.1, -0.05) is 42.1 Å². The van der Waals surface area contributed by atoms with Gasteiger partial charge in [0.1, 0.15) is 0 Å². The Morgan fingerprint density at radius 2 is 2.12 bits per heavy atom. The second-order valence-corrected chi connectivity index (χ2v) is 6.10. The van der Waals surface area contributed by atoms with Crippen molar-refractivity contribution < 1.29 is 0 Å². The molecule has 0 aliphatic carbocycles. The molecule has 0 radical (unpaired) electrons. The fraction of sp³-hybridized carbons (Fsp3) is 0.538. The molecule has 0 saturated carbocycles. The number of rotatable bonds is 6. The molecule has 1 nitrogen and oxygen atoms in total. The van der Waals surface area contributed by atoms with Crippen LogP contribution in [0.2, 0.25) is 0 Å². The summed E-state index contributed by atoms with van der Waals surface area (Å²) in [5, 5.41) is 3.41. The van der Waals surface area contributed by atoms with E-state index in [-0.39, 0.29) is 0 Å². The highest BCUT2D eigenvalue weighted by atomic mass is 127. The highest BCUT2D eigenvalue weighted by Gasteiger charge is 2.12. The van der Waals surface area contributed by atoms with E-state index in [9.17, 15) is 0 Å². The largest absolute Gasteiger partial charge is 0.313 e. The summed E-state index contributed by atoms with van der Waals surface area (Å²) in [4.78, 5) is 0. The molecule has 1 rings (SSSR count). The Kier molecular flexibility index (Phi) is 6.92. The van der Waals surface area contributed by atoms with Gasteiger partial charge in [0.2, 0.25) is 0 Å². The molecule has 0 fully saturated rings. The molecule has 0 saturated heterocycles. The molecule has 0 bridgehead atoms. The number of nitrogens with one attached hydrogen (secondary N) is 1. The van der Waals surface area contributed by atoms with Gasteiger partial charge in [-0.25, -0.2) is 0 Å². The normalized spacial score (nSPS) is 12.8. The Morgan fingerprint density at radius 3 is 2.75 bits per heavy atom. The van der Waals surface area contributed by atoms with Crippen LogP contribution in [-0.4, -0.2) is 7.05 Å². The van der Waals surface area contributed by atoms with Gasteiger partial charge in [-0.15, -0.1) is 0 Å². The van der Waals surface area contributed by atoms with Crippen LogP contribution in [0.5, 0.6) is 0 Å². The van der Waals surface area contributed by atoms with Crippen LogP contribution in [0.1, 0.15) is 44.2 Å². The third-order valence-electron chi connectivity index (χ3n) is 2.78. The molecular formula is C13H19BrIN. The lowest BCUT2D eigenvalue weighted by Gasteiger charge is -2.18. The monoisotopic (exact) mass is 395 g/mol. The maximum Gasteiger partial charge on any atom is 0.0329 e. The average Bonchev–Trinajstić information content (AvgIpc) is 2.28. The third kappa shape index (κ3) is 4.34. The SMILES string of the molecule is CCCCCC(NC)c1cc(I)ccc1Br. The topological polar surface area (TPSA) is 12.0 Å². The number of halogens is 2.